The lowest BCUT2D eigenvalue weighted by Gasteiger charge is -2.15. The van der Waals surface area contributed by atoms with Crippen LogP contribution in [0.4, 0.5) is 17.5 Å². The number of rotatable bonds is 7. The Morgan fingerprint density at radius 3 is 2.58 bits per heavy atom. The SMILES string of the molecule is COC(=O)c1ccc(Nc2cc(-c3ccccn3)nc(NC3CCCC3)n2)cc1OC. The van der Waals surface area contributed by atoms with E-state index < -0.39 is 5.97 Å². The van der Waals surface area contributed by atoms with Gasteiger partial charge in [-0.15, -0.1) is 0 Å². The standard InChI is InChI=1S/C23H25N5O3/c1-30-20-13-16(10-11-17(20)22(29)31-2)25-21-14-19(18-9-5-6-12-24-18)27-23(28-21)26-15-7-3-4-8-15/h5-6,9-15H,3-4,7-8H2,1-2H3,(H2,25,26,27,28). The van der Waals surface area contributed by atoms with Crippen molar-refractivity contribution < 1.29 is 14.3 Å². The largest absolute Gasteiger partial charge is 0.496 e. The molecule has 8 heteroatoms. The van der Waals surface area contributed by atoms with Crippen molar-refractivity contribution in [1.82, 2.24) is 15.0 Å². The highest BCUT2D eigenvalue weighted by Crippen LogP contribution is 2.28. The molecule has 2 N–H and O–H groups in total. The predicted molar refractivity (Wildman–Crippen MR) is 119 cm³/mol. The van der Waals surface area contributed by atoms with Crippen molar-refractivity contribution in [1.29, 1.82) is 0 Å². The number of carbonyl (C=O) groups excluding carboxylic acids is 1. The van der Waals surface area contributed by atoms with Gasteiger partial charge in [-0.1, -0.05) is 18.9 Å². The van der Waals surface area contributed by atoms with Crippen LogP contribution in [0.1, 0.15) is 36.0 Å². The molecular formula is C23H25N5O3. The van der Waals surface area contributed by atoms with E-state index in [0.29, 0.717) is 29.1 Å². The molecule has 8 nitrogen and oxygen atoms in total. The molecule has 1 saturated carbocycles. The molecule has 0 aliphatic heterocycles. The Morgan fingerprint density at radius 1 is 1.03 bits per heavy atom. The van der Waals surface area contributed by atoms with E-state index in [9.17, 15) is 4.79 Å². The first kappa shape index (κ1) is 20.6. The maximum absolute atomic E-state index is 11.9. The van der Waals surface area contributed by atoms with Gasteiger partial charge in [-0.25, -0.2) is 9.78 Å². The molecule has 0 spiro atoms. The normalized spacial score (nSPS) is 13.6. The maximum atomic E-state index is 11.9. The van der Waals surface area contributed by atoms with Crippen LogP contribution in [0.5, 0.6) is 5.75 Å². The summed E-state index contributed by atoms with van der Waals surface area (Å²) in [5.74, 6) is 1.14. The van der Waals surface area contributed by atoms with Gasteiger partial charge in [-0.05, 0) is 37.1 Å². The summed E-state index contributed by atoms with van der Waals surface area (Å²) in [6.07, 6.45) is 6.41. The summed E-state index contributed by atoms with van der Waals surface area (Å²) in [4.78, 5) is 25.7. The van der Waals surface area contributed by atoms with Crippen LogP contribution in [0.2, 0.25) is 0 Å². The number of aromatic nitrogens is 3. The fourth-order valence-electron chi connectivity index (χ4n) is 3.67. The van der Waals surface area contributed by atoms with Gasteiger partial charge in [0.25, 0.3) is 0 Å². The maximum Gasteiger partial charge on any atom is 0.341 e. The average molecular weight is 419 g/mol. The average Bonchev–Trinajstić information content (AvgIpc) is 3.32. The number of methoxy groups -OCH3 is 2. The lowest BCUT2D eigenvalue weighted by Crippen LogP contribution is -2.17. The monoisotopic (exact) mass is 419 g/mol. The highest BCUT2D eigenvalue weighted by molar-refractivity contribution is 5.93. The van der Waals surface area contributed by atoms with E-state index >= 15 is 0 Å². The smallest absolute Gasteiger partial charge is 0.341 e. The van der Waals surface area contributed by atoms with Crippen LogP contribution in [0.25, 0.3) is 11.4 Å². The summed E-state index contributed by atoms with van der Waals surface area (Å²) in [7, 11) is 2.85. The topological polar surface area (TPSA) is 98.3 Å². The van der Waals surface area contributed by atoms with E-state index in [2.05, 4.69) is 25.6 Å². The van der Waals surface area contributed by atoms with Gasteiger partial charge in [0.1, 0.15) is 17.1 Å². The summed E-state index contributed by atoms with van der Waals surface area (Å²) in [5, 5.41) is 6.74. The third kappa shape index (κ3) is 4.91. The fraction of sp³-hybridized carbons (Fsp3) is 0.304. The van der Waals surface area contributed by atoms with E-state index in [1.807, 2.05) is 24.3 Å². The minimum Gasteiger partial charge on any atom is -0.496 e. The second-order valence-corrected chi connectivity index (χ2v) is 7.33. The van der Waals surface area contributed by atoms with Gasteiger partial charge >= 0.3 is 5.97 Å². The van der Waals surface area contributed by atoms with Crippen molar-refractivity contribution >= 4 is 23.4 Å². The number of esters is 1. The molecule has 0 radical (unpaired) electrons. The number of hydrogen-bond acceptors (Lipinski definition) is 8. The molecule has 0 bridgehead atoms. The molecule has 1 fully saturated rings. The number of pyridine rings is 1. The molecule has 1 aromatic carbocycles. The third-order valence-electron chi connectivity index (χ3n) is 5.22. The Hall–Kier alpha value is -3.68. The second-order valence-electron chi connectivity index (χ2n) is 7.33. The second kappa shape index (κ2) is 9.42. The van der Waals surface area contributed by atoms with Crippen LogP contribution >= 0.6 is 0 Å². The highest BCUT2D eigenvalue weighted by Gasteiger charge is 2.18. The van der Waals surface area contributed by atoms with Crippen molar-refractivity contribution in [2.75, 3.05) is 24.9 Å². The molecular weight excluding hydrogens is 394 g/mol. The van der Waals surface area contributed by atoms with Gasteiger partial charge in [0.2, 0.25) is 5.95 Å². The number of carbonyl (C=O) groups is 1. The number of anilines is 3. The van der Waals surface area contributed by atoms with E-state index in [0.717, 1.165) is 29.9 Å². The van der Waals surface area contributed by atoms with Crippen LogP contribution < -0.4 is 15.4 Å². The molecule has 0 atom stereocenters. The Balaban J connectivity index is 1.66. The third-order valence-corrected chi connectivity index (χ3v) is 5.22. The van der Waals surface area contributed by atoms with E-state index in [1.165, 1.54) is 27.1 Å². The quantitative estimate of drug-likeness (QED) is 0.543. The van der Waals surface area contributed by atoms with Crippen molar-refractivity contribution in [3.05, 3.63) is 54.2 Å². The zero-order chi connectivity index (χ0) is 21.6. The molecule has 3 aromatic rings. The Kier molecular flexibility index (Phi) is 6.26. The van der Waals surface area contributed by atoms with Gasteiger partial charge in [0.15, 0.2) is 0 Å². The summed E-state index contributed by atoms with van der Waals surface area (Å²) < 4.78 is 10.2. The first-order valence-electron chi connectivity index (χ1n) is 10.3. The fourth-order valence-corrected chi connectivity index (χ4v) is 3.67. The molecule has 2 heterocycles. The van der Waals surface area contributed by atoms with Crippen LogP contribution in [0, 0.1) is 0 Å². The van der Waals surface area contributed by atoms with Gasteiger partial charge < -0.3 is 20.1 Å². The summed E-state index contributed by atoms with van der Waals surface area (Å²) in [6, 6.07) is 13.1. The van der Waals surface area contributed by atoms with E-state index in [1.54, 1.807) is 24.4 Å². The Morgan fingerprint density at radius 2 is 1.87 bits per heavy atom. The van der Waals surface area contributed by atoms with Crippen LogP contribution in [-0.2, 0) is 4.74 Å². The summed E-state index contributed by atoms with van der Waals surface area (Å²) >= 11 is 0. The van der Waals surface area contributed by atoms with Crippen LogP contribution in [-0.4, -0.2) is 41.2 Å². The zero-order valence-corrected chi connectivity index (χ0v) is 17.6. The number of nitrogens with zero attached hydrogens (tertiary/aromatic N) is 3. The van der Waals surface area contributed by atoms with Crippen molar-refractivity contribution in [3.63, 3.8) is 0 Å². The van der Waals surface area contributed by atoms with Crippen LogP contribution in [0.15, 0.2) is 48.7 Å². The molecule has 160 valence electrons. The van der Waals surface area contributed by atoms with Gasteiger partial charge in [0, 0.05) is 30.1 Å². The molecule has 0 amide bonds. The first-order valence-corrected chi connectivity index (χ1v) is 10.3. The predicted octanol–water partition coefficient (Wildman–Crippen LogP) is 4.43. The summed E-state index contributed by atoms with van der Waals surface area (Å²) in [5.41, 5.74) is 2.57. The first-order chi connectivity index (χ1) is 15.2. The minimum atomic E-state index is -0.453. The molecule has 0 saturated heterocycles. The zero-order valence-electron chi connectivity index (χ0n) is 17.6. The molecule has 31 heavy (non-hydrogen) atoms. The van der Waals surface area contributed by atoms with Gasteiger partial charge in [0.05, 0.1) is 25.6 Å². The number of ether oxygens (including phenoxy) is 2. The molecule has 4 rings (SSSR count). The summed E-state index contributed by atoms with van der Waals surface area (Å²) in [6.45, 7) is 0. The Bertz CT molecular complexity index is 1050. The highest BCUT2D eigenvalue weighted by atomic mass is 16.5. The number of nitrogens with one attached hydrogen (secondary N) is 2. The van der Waals surface area contributed by atoms with Crippen molar-refractivity contribution in [3.8, 4) is 17.1 Å². The van der Waals surface area contributed by atoms with E-state index in [-0.39, 0.29) is 0 Å². The number of benzene rings is 1. The lowest BCUT2D eigenvalue weighted by atomic mass is 10.1. The minimum absolute atomic E-state index is 0.357. The molecule has 1 aliphatic rings. The molecule has 1 aliphatic carbocycles. The van der Waals surface area contributed by atoms with Gasteiger partial charge in [-0.3, -0.25) is 4.98 Å². The Labute approximate surface area is 181 Å². The molecule has 2 aromatic heterocycles. The van der Waals surface area contributed by atoms with Crippen molar-refractivity contribution in [2.45, 2.75) is 31.7 Å². The van der Waals surface area contributed by atoms with Crippen LogP contribution in [0.3, 0.4) is 0 Å². The van der Waals surface area contributed by atoms with Gasteiger partial charge in [-0.2, -0.15) is 4.98 Å². The number of hydrogen-bond donors (Lipinski definition) is 2. The molecule has 0 unspecified atom stereocenters. The van der Waals surface area contributed by atoms with E-state index in [4.69, 9.17) is 9.47 Å². The lowest BCUT2D eigenvalue weighted by molar-refractivity contribution is 0.0597. The van der Waals surface area contributed by atoms with Crippen molar-refractivity contribution in [2.24, 2.45) is 0 Å².